The van der Waals surface area contributed by atoms with Crippen molar-refractivity contribution < 1.29 is 4.79 Å². The van der Waals surface area contributed by atoms with Crippen molar-refractivity contribution in [3.05, 3.63) is 36.0 Å². The first-order chi connectivity index (χ1) is 9.75. The second-order valence-electron chi connectivity index (χ2n) is 5.01. The Morgan fingerprint density at radius 1 is 1.20 bits per heavy atom. The van der Waals surface area contributed by atoms with E-state index in [1.165, 1.54) is 0 Å². The molecule has 5 nitrogen and oxygen atoms in total. The van der Waals surface area contributed by atoms with Crippen molar-refractivity contribution in [2.45, 2.75) is 6.42 Å². The van der Waals surface area contributed by atoms with Crippen molar-refractivity contribution in [1.82, 2.24) is 15.2 Å². The number of fused-ring (bicyclic) bond motifs is 1. The number of nitrogens with two attached hydrogens (primary N) is 1. The van der Waals surface area contributed by atoms with E-state index in [2.05, 4.69) is 10.3 Å². The molecule has 2 aromatic rings. The Hall–Kier alpha value is -2.14. The third-order valence-electron chi connectivity index (χ3n) is 3.60. The molecule has 2 heterocycles. The molecule has 20 heavy (non-hydrogen) atoms. The van der Waals surface area contributed by atoms with Crippen LogP contribution in [0.4, 0.5) is 5.69 Å². The highest BCUT2D eigenvalue weighted by atomic mass is 16.2. The lowest BCUT2D eigenvalue weighted by Crippen LogP contribution is -2.34. The molecule has 1 aliphatic rings. The van der Waals surface area contributed by atoms with E-state index < -0.39 is 0 Å². The summed E-state index contributed by atoms with van der Waals surface area (Å²) in [6.45, 7) is 3.29. The van der Waals surface area contributed by atoms with Crippen LogP contribution in [0.1, 0.15) is 16.9 Å². The number of amides is 1. The highest BCUT2D eigenvalue weighted by Gasteiger charge is 2.18. The van der Waals surface area contributed by atoms with Crippen molar-refractivity contribution in [3.8, 4) is 0 Å². The molecule has 0 unspecified atom stereocenters. The fraction of sp³-hybridized carbons (Fsp3) is 0.333. The van der Waals surface area contributed by atoms with Crippen molar-refractivity contribution in [3.63, 3.8) is 0 Å². The van der Waals surface area contributed by atoms with Gasteiger partial charge < -0.3 is 16.0 Å². The topological polar surface area (TPSA) is 71.2 Å². The molecule has 104 valence electrons. The summed E-state index contributed by atoms with van der Waals surface area (Å²) in [5.41, 5.74) is 7.71. The number of hydrogen-bond donors (Lipinski definition) is 2. The van der Waals surface area contributed by atoms with E-state index in [1.54, 1.807) is 12.1 Å². The van der Waals surface area contributed by atoms with Gasteiger partial charge in [0.05, 0.1) is 11.2 Å². The van der Waals surface area contributed by atoms with Gasteiger partial charge in [-0.1, -0.05) is 18.2 Å². The average Bonchev–Trinajstić information content (AvgIpc) is 2.76. The number of benzene rings is 1. The Balaban J connectivity index is 1.93. The molecule has 1 aromatic carbocycles. The summed E-state index contributed by atoms with van der Waals surface area (Å²) < 4.78 is 0. The number of hydrogen-bond acceptors (Lipinski definition) is 4. The molecule has 3 rings (SSSR count). The molecule has 0 atom stereocenters. The molecule has 1 amide bonds. The fourth-order valence-corrected chi connectivity index (χ4v) is 2.50. The molecule has 0 radical (unpaired) electrons. The van der Waals surface area contributed by atoms with E-state index in [-0.39, 0.29) is 5.91 Å². The lowest BCUT2D eigenvalue weighted by atomic mass is 10.1. The first kappa shape index (κ1) is 12.9. The van der Waals surface area contributed by atoms with Crippen LogP contribution in [-0.2, 0) is 0 Å². The standard InChI is InChI=1S/C15H18N4O/c16-12-4-1-3-11-5-6-13(18-14(11)12)15(20)19-9-2-7-17-8-10-19/h1,3-6,17H,2,7-10,16H2. The van der Waals surface area contributed by atoms with Crippen LogP contribution in [0.5, 0.6) is 0 Å². The number of anilines is 1. The predicted molar refractivity (Wildman–Crippen MR) is 79.5 cm³/mol. The van der Waals surface area contributed by atoms with E-state index in [0.717, 1.165) is 38.0 Å². The molecule has 0 spiro atoms. The van der Waals surface area contributed by atoms with E-state index in [4.69, 9.17) is 5.73 Å². The zero-order valence-corrected chi connectivity index (χ0v) is 11.3. The van der Waals surface area contributed by atoms with Crippen LogP contribution in [0.2, 0.25) is 0 Å². The van der Waals surface area contributed by atoms with Crippen LogP contribution in [0.15, 0.2) is 30.3 Å². The second-order valence-corrected chi connectivity index (χ2v) is 5.01. The summed E-state index contributed by atoms with van der Waals surface area (Å²) in [5, 5.41) is 4.25. The van der Waals surface area contributed by atoms with Crippen molar-refractivity contribution >= 4 is 22.5 Å². The largest absolute Gasteiger partial charge is 0.397 e. The number of aromatic nitrogens is 1. The maximum Gasteiger partial charge on any atom is 0.272 e. The molecule has 0 aliphatic carbocycles. The molecule has 5 heteroatoms. The molecular weight excluding hydrogens is 252 g/mol. The molecule has 1 saturated heterocycles. The molecule has 0 saturated carbocycles. The maximum atomic E-state index is 12.5. The highest BCUT2D eigenvalue weighted by molar-refractivity contribution is 5.97. The minimum absolute atomic E-state index is 0.0150. The van der Waals surface area contributed by atoms with Gasteiger partial charge in [-0.25, -0.2) is 4.98 Å². The number of nitrogens with zero attached hydrogens (tertiary/aromatic N) is 2. The minimum atomic E-state index is -0.0150. The summed E-state index contributed by atoms with van der Waals surface area (Å²) in [4.78, 5) is 18.8. The maximum absolute atomic E-state index is 12.5. The molecular formula is C15H18N4O. The zero-order chi connectivity index (χ0) is 13.9. The number of pyridine rings is 1. The number of rotatable bonds is 1. The number of para-hydroxylation sites is 1. The van der Waals surface area contributed by atoms with E-state index in [9.17, 15) is 4.79 Å². The monoisotopic (exact) mass is 270 g/mol. The van der Waals surface area contributed by atoms with Crippen LogP contribution in [-0.4, -0.2) is 42.0 Å². The first-order valence-corrected chi connectivity index (χ1v) is 6.91. The van der Waals surface area contributed by atoms with Gasteiger partial charge in [0, 0.05) is 25.0 Å². The summed E-state index contributed by atoms with van der Waals surface area (Å²) >= 11 is 0. The van der Waals surface area contributed by atoms with E-state index >= 15 is 0 Å². The summed E-state index contributed by atoms with van der Waals surface area (Å²) in [7, 11) is 0. The highest BCUT2D eigenvalue weighted by Crippen LogP contribution is 2.19. The van der Waals surface area contributed by atoms with Gasteiger partial charge in [0.25, 0.3) is 5.91 Å². The molecule has 1 aromatic heterocycles. The summed E-state index contributed by atoms with van der Waals surface area (Å²) in [6, 6.07) is 9.33. The normalized spacial score (nSPS) is 16.1. The van der Waals surface area contributed by atoms with Crippen LogP contribution in [0, 0.1) is 0 Å². The van der Waals surface area contributed by atoms with Crippen LogP contribution in [0.25, 0.3) is 10.9 Å². The average molecular weight is 270 g/mol. The third-order valence-corrected chi connectivity index (χ3v) is 3.60. The van der Waals surface area contributed by atoms with Gasteiger partial charge >= 0.3 is 0 Å². The molecule has 3 N–H and O–H groups in total. The number of nitrogens with one attached hydrogen (secondary N) is 1. The Labute approximate surface area is 117 Å². The lowest BCUT2D eigenvalue weighted by molar-refractivity contribution is 0.0761. The summed E-state index contributed by atoms with van der Waals surface area (Å²) in [5.74, 6) is -0.0150. The summed E-state index contributed by atoms with van der Waals surface area (Å²) in [6.07, 6.45) is 0.974. The molecule has 0 bridgehead atoms. The van der Waals surface area contributed by atoms with E-state index in [1.807, 2.05) is 23.1 Å². The van der Waals surface area contributed by atoms with Gasteiger partial charge in [-0.2, -0.15) is 0 Å². The number of carbonyl (C=O) groups excluding carboxylic acids is 1. The number of nitrogen functional groups attached to an aromatic ring is 1. The second kappa shape index (κ2) is 5.46. The van der Waals surface area contributed by atoms with Gasteiger partial charge in [-0.3, -0.25) is 4.79 Å². The van der Waals surface area contributed by atoms with Crippen molar-refractivity contribution in [1.29, 1.82) is 0 Å². The van der Waals surface area contributed by atoms with Crippen LogP contribution < -0.4 is 11.1 Å². The van der Waals surface area contributed by atoms with Gasteiger partial charge in [-0.15, -0.1) is 0 Å². The Morgan fingerprint density at radius 3 is 3.00 bits per heavy atom. The Bertz CT molecular complexity index is 633. The smallest absolute Gasteiger partial charge is 0.272 e. The quantitative estimate of drug-likeness (QED) is 0.765. The van der Waals surface area contributed by atoms with Crippen molar-refractivity contribution in [2.75, 3.05) is 31.9 Å². The molecule has 1 aliphatic heterocycles. The SMILES string of the molecule is Nc1cccc2ccc(C(=O)N3CCCNCC3)nc12. The van der Waals surface area contributed by atoms with Crippen molar-refractivity contribution in [2.24, 2.45) is 0 Å². The fourth-order valence-electron chi connectivity index (χ4n) is 2.50. The Kier molecular flexibility index (Phi) is 3.52. The zero-order valence-electron chi connectivity index (χ0n) is 11.3. The first-order valence-electron chi connectivity index (χ1n) is 6.91. The Morgan fingerprint density at radius 2 is 2.10 bits per heavy atom. The van der Waals surface area contributed by atoms with Gasteiger partial charge in [0.2, 0.25) is 0 Å². The predicted octanol–water partition coefficient (Wildman–Crippen LogP) is 1.25. The van der Waals surface area contributed by atoms with Gasteiger partial charge in [0.1, 0.15) is 5.69 Å². The lowest BCUT2D eigenvalue weighted by Gasteiger charge is -2.19. The third kappa shape index (κ3) is 2.44. The van der Waals surface area contributed by atoms with E-state index in [0.29, 0.717) is 16.9 Å². The van der Waals surface area contributed by atoms with Gasteiger partial charge in [-0.05, 0) is 25.1 Å². The molecule has 1 fully saturated rings. The number of carbonyl (C=O) groups is 1. The van der Waals surface area contributed by atoms with Crippen LogP contribution >= 0.6 is 0 Å². The van der Waals surface area contributed by atoms with Crippen LogP contribution in [0.3, 0.4) is 0 Å². The van der Waals surface area contributed by atoms with Gasteiger partial charge in [0.15, 0.2) is 0 Å². The minimum Gasteiger partial charge on any atom is -0.397 e.